The van der Waals surface area contributed by atoms with E-state index in [9.17, 15) is 4.79 Å². The van der Waals surface area contributed by atoms with E-state index in [-0.39, 0.29) is 6.61 Å². The van der Waals surface area contributed by atoms with Crippen LogP contribution in [0.4, 0.5) is 10.5 Å². The Labute approximate surface area is 215 Å². The lowest BCUT2D eigenvalue weighted by Crippen LogP contribution is -2.49. The second-order valence-corrected chi connectivity index (χ2v) is 13.5. The molecule has 192 valence electrons. The lowest BCUT2D eigenvalue weighted by molar-refractivity contribution is 0.216. The van der Waals surface area contributed by atoms with Crippen molar-refractivity contribution >= 4 is 21.7 Å². The Bertz CT molecular complexity index is 1340. The van der Waals surface area contributed by atoms with Gasteiger partial charge in [0.05, 0.1) is 17.1 Å². The number of ether oxygens (including phenoxy) is 1. The highest BCUT2D eigenvalue weighted by atomic mass is 32.3. The predicted octanol–water partition coefficient (Wildman–Crippen LogP) is 4.29. The highest BCUT2D eigenvalue weighted by molar-refractivity contribution is 8.35. The molecule has 0 fully saturated rings. The maximum atomic E-state index is 12.5. The molecule has 2 aromatic carbocycles. The van der Waals surface area contributed by atoms with Crippen LogP contribution in [0.5, 0.6) is 5.75 Å². The van der Waals surface area contributed by atoms with E-state index in [2.05, 4.69) is 48.9 Å². The normalized spacial score (nSPS) is 11.5. The van der Waals surface area contributed by atoms with Crippen molar-refractivity contribution in [2.24, 2.45) is 11.7 Å². The number of aryl methyl sites for hydroxylation is 2. The van der Waals surface area contributed by atoms with E-state index >= 15 is 0 Å². The molecule has 0 atom stereocenters. The topological polar surface area (TPSA) is 103 Å². The molecule has 1 heterocycles. The number of anilines is 1. The molecule has 36 heavy (non-hydrogen) atoms. The molecule has 0 aliphatic heterocycles. The molecule has 0 radical (unpaired) electrons. The summed E-state index contributed by atoms with van der Waals surface area (Å²) in [5, 5.41) is 9.95. The van der Waals surface area contributed by atoms with E-state index in [1.54, 1.807) is 6.07 Å². The highest BCUT2D eigenvalue weighted by Gasteiger charge is 2.20. The molecule has 4 N–H and O–H groups in total. The van der Waals surface area contributed by atoms with Gasteiger partial charge < -0.3 is 4.74 Å². The average molecular weight is 509 g/mol. The lowest BCUT2D eigenvalue weighted by Gasteiger charge is -2.24. The van der Waals surface area contributed by atoms with Crippen LogP contribution in [0.1, 0.15) is 33.6 Å². The molecule has 0 bridgehead atoms. The van der Waals surface area contributed by atoms with Crippen LogP contribution in [-0.4, -0.2) is 46.6 Å². The molecule has 0 aliphatic carbocycles. The number of nitrogens with zero attached hydrogens (tertiary/aromatic N) is 4. The minimum absolute atomic E-state index is 0.175. The fourth-order valence-electron chi connectivity index (χ4n) is 3.60. The Morgan fingerprint density at radius 1 is 1.11 bits per heavy atom. The van der Waals surface area contributed by atoms with Crippen molar-refractivity contribution in [3.8, 4) is 22.6 Å². The quantitative estimate of drug-likeness (QED) is 0.232. The number of hydrogen-bond donors (Lipinski definition) is 2. The Balaban J connectivity index is 1.97. The first kappa shape index (κ1) is 27.1. The molecule has 2 amide bonds. The fourth-order valence-corrected chi connectivity index (χ4v) is 4.02. The molecule has 1 aromatic heterocycles. The zero-order chi connectivity index (χ0) is 26.8. The SMILES string of the molecule is Cc1cc(-n2nc(C)c(C)c2C)ccc1OCc1c(C#CS(C)(C)C)cccc1N(N)C(=O)N(C)N. The standard InChI is InChI=1S/C27H36N6O2S/c1-18-16-23(33-21(4)19(2)20(3)30-33)12-13-26(18)35-17-24-22(14-15-36(6,7)8)10-9-11-25(24)32(29)27(34)31(5)28/h9-13,16H,17,28-29H2,1-8H3. The Hall–Kier alpha value is -3.45. The van der Waals surface area contributed by atoms with Crippen molar-refractivity contribution in [1.82, 2.24) is 14.8 Å². The molecule has 0 unspecified atom stereocenters. The second kappa shape index (κ2) is 10.7. The van der Waals surface area contributed by atoms with Gasteiger partial charge in [0, 0.05) is 23.9 Å². The molecule has 3 rings (SSSR count). The molecule has 0 saturated heterocycles. The Kier molecular flexibility index (Phi) is 8.04. The van der Waals surface area contributed by atoms with Crippen LogP contribution in [0.3, 0.4) is 0 Å². The van der Waals surface area contributed by atoms with Crippen LogP contribution < -0.4 is 21.4 Å². The third kappa shape index (κ3) is 6.02. The minimum Gasteiger partial charge on any atom is -0.489 e. The van der Waals surface area contributed by atoms with Crippen LogP contribution >= 0.6 is 10.0 Å². The number of urea groups is 1. The van der Waals surface area contributed by atoms with E-state index in [0.29, 0.717) is 11.3 Å². The zero-order valence-electron chi connectivity index (χ0n) is 22.3. The summed E-state index contributed by atoms with van der Waals surface area (Å²) < 4.78 is 8.19. The van der Waals surface area contributed by atoms with Gasteiger partial charge in [0.15, 0.2) is 0 Å². The maximum Gasteiger partial charge on any atom is 0.352 e. The molecular weight excluding hydrogens is 472 g/mol. The number of carbonyl (C=O) groups is 1. The summed E-state index contributed by atoms with van der Waals surface area (Å²) in [6, 6.07) is 10.9. The number of hydrogen-bond acceptors (Lipinski definition) is 5. The molecular formula is C27H36N6O2S. The van der Waals surface area contributed by atoms with Crippen LogP contribution in [0.15, 0.2) is 36.4 Å². The van der Waals surface area contributed by atoms with Crippen LogP contribution in [0, 0.1) is 38.9 Å². The Morgan fingerprint density at radius 2 is 1.81 bits per heavy atom. The summed E-state index contributed by atoms with van der Waals surface area (Å²) in [6.07, 6.45) is 6.37. The van der Waals surface area contributed by atoms with Gasteiger partial charge in [-0.25, -0.2) is 26.2 Å². The van der Waals surface area contributed by atoms with Gasteiger partial charge in [-0.2, -0.15) is 15.1 Å². The molecule has 3 aromatic rings. The summed E-state index contributed by atoms with van der Waals surface area (Å²) in [7, 11) is 0.383. The number of amides is 2. The van der Waals surface area contributed by atoms with Gasteiger partial charge in [0.1, 0.15) is 12.4 Å². The number of benzene rings is 2. The number of rotatable bonds is 5. The van der Waals surface area contributed by atoms with E-state index in [0.717, 1.165) is 44.0 Å². The summed E-state index contributed by atoms with van der Waals surface area (Å²) in [6.45, 7) is 8.32. The number of hydrazine groups is 2. The molecule has 9 heteroatoms. The van der Waals surface area contributed by atoms with Crippen LogP contribution in [0.25, 0.3) is 5.69 Å². The van der Waals surface area contributed by atoms with Crippen molar-refractivity contribution in [3.05, 3.63) is 70.0 Å². The first-order valence-corrected chi connectivity index (χ1v) is 14.3. The third-order valence-electron chi connectivity index (χ3n) is 5.84. The Morgan fingerprint density at radius 3 is 2.36 bits per heavy atom. The van der Waals surface area contributed by atoms with Crippen molar-refractivity contribution in [3.63, 3.8) is 0 Å². The fraction of sp³-hybridized carbons (Fsp3) is 0.333. The number of aromatic nitrogens is 2. The summed E-state index contributed by atoms with van der Waals surface area (Å²) in [4.78, 5) is 12.5. The minimum atomic E-state index is -1.06. The second-order valence-electron chi connectivity index (χ2n) is 9.58. The van der Waals surface area contributed by atoms with E-state index in [4.69, 9.17) is 16.4 Å². The molecule has 0 aliphatic rings. The zero-order valence-corrected chi connectivity index (χ0v) is 23.2. The van der Waals surface area contributed by atoms with Gasteiger partial charge in [-0.3, -0.25) is 5.01 Å². The average Bonchev–Trinajstić information content (AvgIpc) is 3.07. The van der Waals surface area contributed by atoms with Gasteiger partial charge in [-0.05, 0) is 93.2 Å². The van der Waals surface area contributed by atoms with Gasteiger partial charge in [-0.15, -0.1) is 0 Å². The maximum absolute atomic E-state index is 12.5. The van der Waals surface area contributed by atoms with E-state index in [1.807, 2.05) is 48.9 Å². The summed E-state index contributed by atoms with van der Waals surface area (Å²) in [5.41, 5.74) is 7.18. The van der Waals surface area contributed by atoms with E-state index in [1.165, 1.54) is 12.6 Å². The monoisotopic (exact) mass is 508 g/mol. The highest BCUT2D eigenvalue weighted by Crippen LogP contribution is 2.33. The first-order valence-electron chi connectivity index (χ1n) is 11.5. The van der Waals surface area contributed by atoms with Gasteiger partial charge in [0.25, 0.3) is 0 Å². The van der Waals surface area contributed by atoms with Gasteiger partial charge in [-0.1, -0.05) is 12.0 Å². The molecule has 8 nitrogen and oxygen atoms in total. The van der Waals surface area contributed by atoms with Gasteiger partial charge in [0.2, 0.25) is 0 Å². The van der Waals surface area contributed by atoms with Crippen molar-refractivity contribution in [2.75, 3.05) is 30.8 Å². The number of nitrogens with two attached hydrogens (primary N) is 2. The largest absolute Gasteiger partial charge is 0.489 e. The lowest BCUT2D eigenvalue weighted by atomic mass is 10.1. The summed E-state index contributed by atoms with van der Waals surface area (Å²) in [5.74, 6) is 15.8. The number of carbonyl (C=O) groups excluding carboxylic acids is 1. The summed E-state index contributed by atoms with van der Waals surface area (Å²) >= 11 is 0. The van der Waals surface area contributed by atoms with Crippen molar-refractivity contribution < 1.29 is 9.53 Å². The molecule has 0 spiro atoms. The van der Waals surface area contributed by atoms with E-state index < -0.39 is 16.1 Å². The first-order chi connectivity index (χ1) is 16.8. The van der Waals surface area contributed by atoms with Crippen molar-refractivity contribution in [1.29, 1.82) is 0 Å². The van der Waals surface area contributed by atoms with Crippen LogP contribution in [0.2, 0.25) is 0 Å². The third-order valence-corrected chi connectivity index (χ3v) is 6.55. The molecule has 0 saturated carbocycles. The van der Waals surface area contributed by atoms with Crippen LogP contribution in [-0.2, 0) is 6.61 Å². The smallest absolute Gasteiger partial charge is 0.352 e. The predicted molar refractivity (Wildman–Crippen MR) is 150 cm³/mol. The van der Waals surface area contributed by atoms with Crippen molar-refractivity contribution in [2.45, 2.75) is 34.3 Å². The van der Waals surface area contributed by atoms with Gasteiger partial charge >= 0.3 is 6.03 Å².